The summed E-state index contributed by atoms with van der Waals surface area (Å²) in [5, 5.41) is 2.56. The zero-order valence-electron chi connectivity index (χ0n) is 19.0. The predicted molar refractivity (Wildman–Crippen MR) is 124 cm³/mol. The number of hydrogen-bond acceptors (Lipinski definition) is 6. The Morgan fingerprint density at radius 2 is 2.03 bits per heavy atom. The van der Waals surface area contributed by atoms with E-state index in [1.165, 1.54) is 26.7 Å². The van der Waals surface area contributed by atoms with Gasteiger partial charge in [-0.15, -0.1) is 0 Å². The highest BCUT2D eigenvalue weighted by atomic mass is 35.5. The van der Waals surface area contributed by atoms with Crippen molar-refractivity contribution >= 4 is 33.2 Å². The molecule has 13 heteroatoms. The van der Waals surface area contributed by atoms with Gasteiger partial charge in [-0.2, -0.15) is 0 Å². The maximum Gasteiger partial charge on any atom is 0.271 e. The van der Waals surface area contributed by atoms with Crippen molar-refractivity contribution in [2.45, 2.75) is 36.6 Å². The SMILES string of the molecule is CNC(=O)c1ncn2c1CC[C@H](c1c(F)ccc(NS(=O)(=O)c3cc(Cl)cnc3OC)c1F)[C@@H]2C. The van der Waals surface area contributed by atoms with Gasteiger partial charge in [0.05, 0.1) is 29.8 Å². The fourth-order valence-corrected chi connectivity index (χ4v) is 5.78. The zero-order valence-corrected chi connectivity index (χ0v) is 20.5. The molecule has 1 aliphatic heterocycles. The van der Waals surface area contributed by atoms with E-state index in [4.69, 9.17) is 16.3 Å². The highest BCUT2D eigenvalue weighted by Crippen LogP contribution is 2.42. The number of halogens is 3. The Kier molecular flexibility index (Phi) is 6.69. The number of methoxy groups -OCH3 is 1. The summed E-state index contributed by atoms with van der Waals surface area (Å²) in [5.74, 6) is -3.05. The van der Waals surface area contributed by atoms with Gasteiger partial charge < -0.3 is 14.6 Å². The quantitative estimate of drug-likeness (QED) is 0.507. The van der Waals surface area contributed by atoms with Gasteiger partial charge in [-0.25, -0.2) is 27.2 Å². The zero-order chi connectivity index (χ0) is 25.5. The second-order valence-electron chi connectivity index (χ2n) is 8.00. The van der Waals surface area contributed by atoms with Gasteiger partial charge in [0, 0.05) is 30.8 Å². The highest BCUT2D eigenvalue weighted by molar-refractivity contribution is 7.92. The average molecular weight is 526 g/mol. The van der Waals surface area contributed by atoms with Gasteiger partial charge in [0.1, 0.15) is 11.5 Å². The number of ether oxygens (including phenoxy) is 1. The molecule has 1 amide bonds. The average Bonchev–Trinajstić information content (AvgIpc) is 3.27. The summed E-state index contributed by atoms with van der Waals surface area (Å²) < 4.78 is 65.4. The number of rotatable bonds is 6. The summed E-state index contributed by atoms with van der Waals surface area (Å²) in [6, 6.07) is 2.69. The number of benzene rings is 1. The minimum atomic E-state index is -4.38. The molecule has 0 unspecified atom stereocenters. The van der Waals surface area contributed by atoms with Crippen LogP contribution in [-0.2, 0) is 16.4 Å². The largest absolute Gasteiger partial charge is 0.480 e. The number of anilines is 1. The van der Waals surface area contributed by atoms with E-state index in [0.29, 0.717) is 18.5 Å². The number of amides is 1. The molecule has 186 valence electrons. The molecule has 0 saturated carbocycles. The molecule has 9 nitrogen and oxygen atoms in total. The number of pyridine rings is 1. The molecular weight excluding hydrogens is 504 g/mol. The Balaban J connectivity index is 1.71. The number of nitrogens with one attached hydrogen (secondary N) is 2. The van der Waals surface area contributed by atoms with Crippen LogP contribution in [0.4, 0.5) is 14.5 Å². The van der Waals surface area contributed by atoms with E-state index in [1.807, 2.05) is 0 Å². The van der Waals surface area contributed by atoms with E-state index in [0.717, 1.165) is 18.2 Å². The highest BCUT2D eigenvalue weighted by Gasteiger charge is 2.35. The monoisotopic (exact) mass is 525 g/mol. The Bertz CT molecular complexity index is 1410. The Hall–Kier alpha value is -3.25. The molecule has 1 aromatic carbocycles. The molecule has 0 aliphatic carbocycles. The lowest BCUT2D eigenvalue weighted by Crippen LogP contribution is -2.27. The molecule has 35 heavy (non-hydrogen) atoms. The maximum atomic E-state index is 15.6. The first-order valence-electron chi connectivity index (χ1n) is 10.6. The number of hydrogen-bond donors (Lipinski definition) is 2. The topological polar surface area (TPSA) is 115 Å². The molecule has 2 N–H and O–H groups in total. The number of carbonyl (C=O) groups excluding carboxylic acids is 1. The Morgan fingerprint density at radius 1 is 1.29 bits per heavy atom. The molecule has 2 atom stereocenters. The summed E-state index contributed by atoms with van der Waals surface area (Å²) in [7, 11) is -1.65. The van der Waals surface area contributed by atoms with E-state index in [2.05, 4.69) is 20.0 Å². The first kappa shape index (κ1) is 24.9. The molecule has 0 radical (unpaired) electrons. The molecular formula is C22H22ClF2N5O4S. The lowest BCUT2D eigenvalue weighted by molar-refractivity contribution is 0.0957. The third-order valence-corrected chi connectivity index (χ3v) is 7.63. The minimum absolute atomic E-state index is 0.0368. The fourth-order valence-electron chi connectivity index (χ4n) is 4.35. The molecule has 3 heterocycles. The van der Waals surface area contributed by atoms with Crippen LogP contribution in [0.3, 0.4) is 0 Å². The van der Waals surface area contributed by atoms with Crippen molar-refractivity contribution in [3.63, 3.8) is 0 Å². The standard InChI is InChI=1S/C22H22ClF2N5O4S/c1-11-13(4-7-16-20(21(31)26-2)28-10-30(11)16)18-14(24)5-6-15(19(18)25)29-35(32,33)17-8-12(23)9-27-22(17)34-3/h5-6,8-11,13,29H,4,7H2,1-3H3,(H,26,31)/t11-,13-/m0/s1. The van der Waals surface area contributed by atoms with Crippen molar-refractivity contribution in [2.75, 3.05) is 18.9 Å². The van der Waals surface area contributed by atoms with Crippen molar-refractivity contribution in [3.8, 4) is 5.88 Å². The van der Waals surface area contributed by atoms with E-state index in [9.17, 15) is 17.6 Å². The minimum Gasteiger partial charge on any atom is -0.480 e. The van der Waals surface area contributed by atoms with Crippen molar-refractivity contribution in [1.82, 2.24) is 19.9 Å². The van der Waals surface area contributed by atoms with E-state index >= 15 is 4.39 Å². The smallest absolute Gasteiger partial charge is 0.271 e. The second-order valence-corrected chi connectivity index (χ2v) is 10.1. The molecule has 1 aliphatic rings. The third kappa shape index (κ3) is 4.43. The molecule has 0 spiro atoms. The van der Waals surface area contributed by atoms with Crippen LogP contribution in [0, 0.1) is 11.6 Å². The molecule has 4 rings (SSSR count). The number of nitrogens with zero attached hydrogens (tertiary/aromatic N) is 3. The van der Waals surface area contributed by atoms with Crippen molar-refractivity contribution in [3.05, 3.63) is 64.3 Å². The molecule has 0 saturated heterocycles. The van der Waals surface area contributed by atoms with E-state index in [1.54, 1.807) is 11.5 Å². The van der Waals surface area contributed by atoms with Gasteiger partial charge >= 0.3 is 0 Å². The number of sulfonamides is 1. The van der Waals surface area contributed by atoms with Gasteiger partial charge in [-0.1, -0.05) is 11.6 Å². The Labute approximate surface area is 205 Å². The van der Waals surface area contributed by atoms with Crippen LogP contribution in [0.15, 0.2) is 35.6 Å². The van der Waals surface area contributed by atoms with Gasteiger partial charge in [0.15, 0.2) is 10.7 Å². The summed E-state index contributed by atoms with van der Waals surface area (Å²) in [6.45, 7) is 1.76. The van der Waals surface area contributed by atoms with Crippen LogP contribution in [0.2, 0.25) is 5.02 Å². The molecule has 2 aromatic heterocycles. The van der Waals surface area contributed by atoms with Gasteiger partial charge in [0.25, 0.3) is 15.9 Å². The second kappa shape index (κ2) is 9.42. The lowest BCUT2D eigenvalue weighted by atomic mass is 9.83. The summed E-state index contributed by atoms with van der Waals surface area (Å²) in [5.41, 5.74) is 0.253. The van der Waals surface area contributed by atoms with Crippen LogP contribution in [0.25, 0.3) is 0 Å². The first-order chi connectivity index (χ1) is 16.6. The summed E-state index contributed by atoms with van der Waals surface area (Å²) in [4.78, 5) is 19.7. The summed E-state index contributed by atoms with van der Waals surface area (Å²) in [6.07, 6.45) is 3.36. The van der Waals surface area contributed by atoms with Gasteiger partial charge in [-0.05, 0) is 38.0 Å². The number of imidazole rings is 1. The van der Waals surface area contributed by atoms with Crippen LogP contribution >= 0.6 is 11.6 Å². The predicted octanol–water partition coefficient (Wildman–Crippen LogP) is 3.67. The van der Waals surface area contributed by atoms with Crippen LogP contribution < -0.4 is 14.8 Å². The van der Waals surface area contributed by atoms with E-state index < -0.39 is 44.2 Å². The molecule has 3 aromatic rings. The number of fused-ring (bicyclic) bond motifs is 1. The first-order valence-corrected chi connectivity index (χ1v) is 12.4. The fraction of sp³-hybridized carbons (Fsp3) is 0.318. The summed E-state index contributed by atoms with van der Waals surface area (Å²) >= 11 is 5.88. The van der Waals surface area contributed by atoms with Crippen molar-refractivity contribution in [2.24, 2.45) is 0 Å². The van der Waals surface area contributed by atoms with Crippen LogP contribution in [-0.4, -0.2) is 43.0 Å². The van der Waals surface area contributed by atoms with Gasteiger partial charge in [-0.3, -0.25) is 9.52 Å². The van der Waals surface area contributed by atoms with Crippen LogP contribution in [0.1, 0.15) is 47.1 Å². The lowest BCUT2D eigenvalue weighted by Gasteiger charge is -2.32. The third-order valence-electron chi connectivity index (χ3n) is 6.06. The van der Waals surface area contributed by atoms with Crippen molar-refractivity contribution < 1.29 is 26.7 Å². The van der Waals surface area contributed by atoms with Crippen molar-refractivity contribution in [1.29, 1.82) is 0 Å². The van der Waals surface area contributed by atoms with E-state index in [-0.39, 0.29) is 28.1 Å². The molecule has 0 fully saturated rings. The Morgan fingerprint density at radius 3 is 2.71 bits per heavy atom. The maximum absolute atomic E-state index is 15.6. The normalized spacial score (nSPS) is 17.5. The van der Waals surface area contributed by atoms with Crippen LogP contribution in [0.5, 0.6) is 5.88 Å². The number of carbonyl (C=O) groups is 1. The molecule has 0 bridgehead atoms. The van der Waals surface area contributed by atoms with Gasteiger partial charge in [0.2, 0.25) is 5.88 Å². The number of aromatic nitrogens is 3.